The molecule has 0 spiro atoms. The quantitative estimate of drug-likeness (QED) is 0.641. The summed E-state index contributed by atoms with van der Waals surface area (Å²) in [5.41, 5.74) is 3.62. The first-order chi connectivity index (χ1) is 10.8. The summed E-state index contributed by atoms with van der Waals surface area (Å²) in [6, 6.07) is 17.7. The zero-order chi connectivity index (χ0) is 15.2. The molecular weight excluding hydrogens is 272 g/mol. The van der Waals surface area contributed by atoms with Gasteiger partial charge in [0.1, 0.15) is 5.75 Å². The molecule has 1 N–H and O–H groups in total. The molecule has 0 aromatic heterocycles. The van der Waals surface area contributed by atoms with Crippen LogP contribution >= 0.6 is 0 Å². The monoisotopic (exact) mass is 292 g/mol. The maximum Gasteiger partial charge on any atom is 0.115 e. The average Bonchev–Trinajstić information content (AvgIpc) is 3.07. The van der Waals surface area contributed by atoms with Crippen LogP contribution in [-0.2, 0) is 4.74 Å². The molecule has 0 aliphatic carbocycles. The fourth-order valence-corrected chi connectivity index (χ4v) is 2.64. The van der Waals surface area contributed by atoms with Gasteiger partial charge in [0.05, 0.1) is 12.7 Å². The van der Waals surface area contributed by atoms with Gasteiger partial charge in [0.15, 0.2) is 0 Å². The van der Waals surface area contributed by atoms with Crippen LogP contribution in [0.3, 0.4) is 0 Å². The molecular formula is C20H20O2. The zero-order valence-corrected chi connectivity index (χ0v) is 12.5. The molecule has 2 aromatic rings. The van der Waals surface area contributed by atoms with E-state index in [0.717, 1.165) is 25.0 Å². The van der Waals surface area contributed by atoms with Gasteiger partial charge < -0.3 is 9.84 Å². The van der Waals surface area contributed by atoms with Gasteiger partial charge in [0, 0.05) is 0 Å². The van der Waals surface area contributed by atoms with Gasteiger partial charge in [-0.05, 0) is 41.7 Å². The smallest absolute Gasteiger partial charge is 0.115 e. The molecule has 0 saturated heterocycles. The highest BCUT2D eigenvalue weighted by molar-refractivity contribution is 5.81. The highest BCUT2D eigenvalue weighted by Crippen LogP contribution is 2.26. The summed E-state index contributed by atoms with van der Waals surface area (Å²) in [5.74, 6) is 0.294. The van der Waals surface area contributed by atoms with Gasteiger partial charge in [-0.15, -0.1) is 0 Å². The summed E-state index contributed by atoms with van der Waals surface area (Å²) >= 11 is 0. The van der Waals surface area contributed by atoms with Gasteiger partial charge >= 0.3 is 0 Å². The van der Waals surface area contributed by atoms with E-state index >= 15 is 0 Å². The van der Waals surface area contributed by atoms with Crippen LogP contribution < -0.4 is 0 Å². The number of aromatic hydroxyl groups is 1. The van der Waals surface area contributed by atoms with Crippen molar-refractivity contribution in [3.8, 4) is 5.75 Å². The van der Waals surface area contributed by atoms with Crippen molar-refractivity contribution in [1.82, 2.24) is 0 Å². The third-order valence-electron chi connectivity index (χ3n) is 3.83. The highest BCUT2D eigenvalue weighted by atomic mass is 16.5. The van der Waals surface area contributed by atoms with Crippen LogP contribution in [0.4, 0.5) is 0 Å². The Balaban J connectivity index is 1.81. The standard InChI is InChI=1S/C20H20O2/c21-19-11-8-16(9-12-19)15-18(17-5-2-1-3-6-17)10-13-20-7-4-14-22-20/h1-9,11-12,15,20-21H,10,13-14H2/b18-15-/t20-/m0/s1. The van der Waals surface area contributed by atoms with Gasteiger partial charge in [-0.2, -0.15) is 0 Å². The van der Waals surface area contributed by atoms with Crippen molar-refractivity contribution in [1.29, 1.82) is 0 Å². The number of benzene rings is 2. The Morgan fingerprint density at radius 1 is 1.09 bits per heavy atom. The number of hydrogen-bond acceptors (Lipinski definition) is 2. The second-order valence-electron chi connectivity index (χ2n) is 5.47. The number of phenols is 1. The third-order valence-corrected chi connectivity index (χ3v) is 3.83. The lowest BCUT2D eigenvalue weighted by atomic mass is 9.97. The average molecular weight is 292 g/mol. The Labute approximate surface area is 131 Å². The SMILES string of the molecule is Oc1ccc(/C=C(/CC[C@@H]2C=CCO2)c2ccccc2)cc1. The van der Waals surface area contributed by atoms with Crippen molar-refractivity contribution < 1.29 is 9.84 Å². The highest BCUT2D eigenvalue weighted by Gasteiger charge is 2.11. The Bertz CT molecular complexity index is 654. The third kappa shape index (κ3) is 3.86. The maximum absolute atomic E-state index is 9.41. The van der Waals surface area contributed by atoms with Crippen molar-refractivity contribution in [3.05, 3.63) is 77.9 Å². The number of allylic oxidation sites excluding steroid dienone is 1. The largest absolute Gasteiger partial charge is 0.508 e. The molecule has 1 heterocycles. The fraction of sp³-hybridized carbons (Fsp3) is 0.200. The molecule has 0 bridgehead atoms. The zero-order valence-electron chi connectivity index (χ0n) is 12.5. The molecule has 22 heavy (non-hydrogen) atoms. The van der Waals surface area contributed by atoms with Crippen LogP contribution in [0.5, 0.6) is 5.75 Å². The van der Waals surface area contributed by atoms with E-state index in [1.54, 1.807) is 12.1 Å². The van der Waals surface area contributed by atoms with Crippen LogP contribution in [0.2, 0.25) is 0 Å². The number of phenolic OH excluding ortho intramolecular Hbond substituents is 1. The van der Waals surface area contributed by atoms with Crippen LogP contribution in [0.1, 0.15) is 24.0 Å². The van der Waals surface area contributed by atoms with Gasteiger partial charge in [-0.1, -0.05) is 60.7 Å². The number of hydrogen-bond donors (Lipinski definition) is 1. The van der Waals surface area contributed by atoms with Gasteiger partial charge in [0.2, 0.25) is 0 Å². The minimum absolute atomic E-state index is 0.229. The summed E-state index contributed by atoms with van der Waals surface area (Å²) < 4.78 is 5.63. The lowest BCUT2D eigenvalue weighted by Crippen LogP contribution is -2.04. The fourth-order valence-electron chi connectivity index (χ4n) is 2.64. The van der Waals surface area contributed by atoms with Crippen molar-refractivity contribution in [2.75, 3.05) is 6.61 Å². The first-order valence-electron chi connectivity index (χ1n) is 7.64. The van der Waals surface area contributed by atoms with E-state index in [-0.39, 0.29) is 6.10 Å². The Kier molecular flexibility index (Phi) is 4.71. The predicted molar refractivity (Wildman–Crippen MR) is 90.5 cm³/mol. The van der Waals surface area contributed by atoms with E-state index in [4.69, 9.17) is 4.74 Å². The molecule has 2 nitrogen and oxygen atoms in total. The van der Waals surface area contributed by atoms with E-state index in [1.807, 2.05) is 18.2 Å². The van der Waals surface area contributed by atoms with Crippen molar-refractivity contribution in [2.45, 2.75) is 18.9 Å². The molecule has 2 heteroatoms. The molecule has 0 fully saturated rings. The van der Waals surface area contributed by atoms with Crippen molar-refractivity contribution in [2.24, 2.45) is 0 Å². The van der Waals surface area contributed by atoms with Crippen molar-refractivity contribution in [3.63, 3.8) is 0 Å². The van der Waals surface area contributed by atoms with Crippen LogP contribution in [-0.4, -0.2) is 17.8 Å². The number of ether oxygens (including phenoxy) is 1. The van der Waals surface area contributed by atoms with E-state index in [1.165, 1.54) is 11.1 Å². The lowest BCUT2D eigenvalue weighted by molar-refractivity contribution is 0.123. The topological polar surface area (TPSA) is 29.5 Å². The van der Waals surface area contributed by atoms with Crippen LogP contribution in [0.15, 0.2) is 66.7 Å². The summed E-state index contributed by atoms with van der Waals surface area (Å²) in [7, 11) is 0. The second kappa shape index (κ2) is 7.10. The first-order valence-corrected chi connectivity index (χ1v) is 7.64. The molecule has 0 radical (unpaired) electrons. The maximum atomic E-state index is 9.41. The lowest BCUT2D eigenvalue weighted by Gasteiger charge is -2.12. The molecule has 3 rings (SSSR count). The molecule has 0 amide bonds. The Morgan fingerprint density at radius 2 is 1.86 bits per heavy atom. The molecule has 0 unspecified atom stereocenters. The molecule has 0 saturated carbocycles. The van der Waals surface area contributed by atoms with E-state index in [9.17, 15) is 5.11 Å². The Hall–Kier alpha value is -2.32. The van der Waals surface area contributed by atoms with E-state index in [0.29, 0.717) is 5.75 Å². The van der Waals surface area contributed by atoms with Gasteiger partial charge in [-0.25, -0.2) is 0 Å². The molecule has 1 aliphatic rings. The van der Waals surface area contributed by atoms with E-state index < -0.39 is 0 Å². The molecule has 1 atom stereocenters. The second-order valence-corrected chi connectivity index (χ2v) is 5.47. The molecule has 2 aromatic carbocycles. The molecule has 1 aliphatic heterocycles. The normalized spacial score (nSPS) is 17.8. The summed E-state index contributed by atoms with van der Waals surface area (Å²) in [6.45, 7) is 0.729. The first kappa shape index (κ1) is 14.6. The summed E-state index contributed by atoms with van der Waals surface area (Å²) in [4.78, 5) is 0. The van der Waals surface area contributed by atoms with Gasteiger partial charge in [0.25, 0.3) is 0 Å². The van der Waals surface area contributed by atoms with Crippen molar-refractivity contribution >= 4 is 11.6 Å². The van der Waals surface area contributed by atoms with E-state index in [2.05, 4.69) is 42.5 Å². The summed E-state index contributed by atoms with van der Waals surface area (Å²) in [6.07, 6.45) is 8.58. The Morgan fingerprint density at radius 3 is 2.55 bits per heavy atom. The predicted octanol–water partition coefficient (Wildman–Crippen LogP) is 4.67. The molecule has 112 valence electrons. The minimum Gasteiger partial charge on any atom is -0.508 e. The van der Waals surface area contributed by atoms with Gasteiger partial charge in [-0.3, -0.25) is 0 Å². The number of rotatable bonds is 5. The summed E-state index contributed by atoms with van der Waals surface area (Å²) in [5, 5.41) is 9.41. The van der Waals surface area contributed by atoms with Crippen LogP contribution in [0, 0.1) is 0 Å². The minimum atomic E-state index is 0.229. The van der Waals surface area contributed by atoms with Crippen LogP contribution in [0.25, 0.3) is 11.6 Å².